The number of aromatic amines is 1. The molecule has 39 heavy (non-hydrogen) atoms. The van der Waals surface area contributed by atoms with Crippen molar-refractivity contribution in [1.29, 1.82) is 0 Å². The zero-order valence-corrected chi connectivity index (χ0v) is 23.2. The van der Waals surface area contributed by atoms with Crippen LogP contribution in [0.15, 0.2) is 36.5 Å². The van der Waals surface area contributed by atoms with E-state index in [-0.39, 0.29) is 24.1 Å². The fourth-order valence-corrected chi connectivity index (χ4v) is 5.19. The van der Waals surface area contributed by atoms with Gasteiger partial charge in [0.15, 0.2) is 5.65 Å². The number of piperidine rings is 1. The van der Waals surface area contributed by atoms with Gasteiger partial charge in [0.1, 0.15) is 16.9 Å². The SMILES string of the molecule is C[C@@H]1C=C=C[C@H](C(N)=O)[C@@H]1Nc1c(Cl)cnc2[nH]c(-c3cnn(C4CCN(C(=O)OC(C)(C)C)CC4)c3)nc12. The molecule has 12 heteroatoms. The molecule has 1 fully saturated rings. The molecule has 5 rings (SSSR count). The first-order valence-electron chi connectivity index (χ1n) is 13.1. The number of rotatable bonds is 5. The van der Waals surface area contributed by atoms with E-state index >= 15 is 0 Å². The number of anilines is 1. The van der Waals surface area contributed by atoms with E-state index in [1.54, 1.807) is 23.4 Å². The van der Waals surface area contributed by atoms with E-state index in [1.807, 2.05) is 44.6 Å². The lowest BCUT2D eigenvalue weighted by molar-refractivity contribution is -0.121. The summed E-state index contributed by atoms with van der Waals surface area (Å²) in [6, 6.07) is -0.146. The van der Waals surface area contributed by atoms with Crippen LogP contribution < -0.4 is 11.1 Å². The molecule has 4 N–H and O–H groups in total. The molecule has 3 aromatic heterocycles. The van der Waals surface area contributed by atoms with Gasteiger partial charge in [-0.25, -0.2) is 14.8 Å². The van der Waals surface area contributed by atoms with E-state index in [1.165, 1.54) is 0 Å². The van der Waals surface area contributed by atoms with Crippen molar-refractivity contribution in [2.45, 2.75) is 58.2 Å². The molecule has 3 atom stereocenters. The Kier molecular flexibility index (Phi) is 7.13. The largest absolute Gasteiger partial charge is 0.444 e. The van der Waals surface area contributed by atoms with Crippen molar-refractivity contribution >= 4 is 40.5 Å². The maximum Gasteiger partial charge on any atom is 0.410 e. The number of H-pyrrole nitrogens is 1. The topological polar surface area (TPSA) is 144 Å². The second-order valence-electron chi connectivity index (χ2n) is 11.1. The van der Waals surface area contributed by atoms with Gasteiger partial charge in [-0.05, 0) is 45.8 Å². The first-order valence-corrected chi connectivity index (χ1v) is 13.4. The molecule has 3 aromatic rings. The van der Waals surface area contributed by atoms with Crippen molar-refractivity contribution in [3.63, 3.8) is 0 Å². The zero-order valence-electron chi connectivity index (χ0n) is 22.4. The van der Waals surface area contributed by atoms with Gasteiger partial charge < -0.3 is 25.7 Å². The van der Waals surface area contributed by atoms with E-state index in [0.29, 0.717) is 40.8 Å². The van der Waals surface area contributed by atoms with E-state index in [0.717, 1.165) is 18.4 Å². The summed E-state index contributed by atoms with van der Waals surface area (Å²) in [6.07, 6.45) is 10.1. The van der Waals surface area contributed by atoms with Crippen LogP contribution in [0.1, 0.15) is 46.6 Å². The van der Waals surface area contributed by atoms with Crippen LogP contribution in [0.5, 0.6) is 0 Å². The van der Waals surface area contributed by atoms with Gasteiger partial charge in [0.25, 0.3) is 0 Å². The Morgan fingerprint density at radius 1 is 1.23 bits per heavy atom. The molecule has 11 nitrogen and oxygen atoms in total. The Hall–Kier alpha value is -3.82. The van der Waals surface area contributed by atoms with Gasteiger partial charge in [-0.3, -0.25) is 9.48 Å². The number of nitrogens with two attached hydrogens (primary N) is 1. The number of likely N-dealkylation sites (tertiary alicyclic amines) is 1. The molecule has 0 bridgehead atoms. The molecular weight excluding hydrogens is 520 g/mol. The fraction of sp³-hybridized carbons (Fsp3) is 0.481. The average molecular weight is 553 g/mol. The summed E-state index contributed by atoms with van der Waals surface area (Å²) < 4.78 is 7.43. The number of carbonyl (C=O) groups is 2. The number of nitrogens with one attached hydrogen (secondary N) is 2. The molecule has 0 radical (unpaired) electrons. The number of hydrogen-bond acceptors (Lipinski definition) is 7. The minimum Gasteiger partial charge on any atom is -0.444 e. The van der Waals surface area contributed by atoms with Crippen LogP contribution in [0.2, 0.25) is 5.02 Å². The molecule has 1 saturated heterocycles. The first-order chi connectivity index (χ1) is 18.5. The maximum absolute atomic E-state index is 12.4. The Labute approximate surface area is 231 Å². The third-order valence-corrected chi connectivity index (χ3v) is 7.35. The monoisotopic (exact) mass is 552 g/mol. The lowest BCUT2D eigenvalue weighted by atomic mass is 9.85. The number of imidazole rings is 1. The highest BCUT2D eigenvalue weighted by Gasteiger charge is 2.32. The predicted molar refractivity (Wildman–Crippen MR) is 148 cm³/mol. The molecule has 1 aliphatic heterocycles. The summed E-state index contributed by atoms with van der Waals surface area (Å²) in [4.78, 5) is 38.7. The van der Waals surface area contributed by atoms with Crippen molar-refractivity contribution in [2.24, 2.45) is 17.6 Å². The smallest absolute Gasteiger partial charge is 0.410 e. The van der Waals surface area contributed by atoms with Crippen LogP contribution in [-0.2, 0) is 9.53 Å². The summed E-state index contributed by atoms with van der Waals surface area (Å²) >= 11 is 6.54. The number of fused-ring (bicyclic) bond motifs is 1. The number of primary amides is 1. The second-order valence-corrected chi connectivity index (χ2v) is 11.5. The normalized spacial score (nSPS) is 21.9. The van der Waals surface area contributed by atoms with E-state index < -0.39 is 17.4 Å². The molecule has 0 aromatic carbocycles. The van der Waals surface area contributed by atoms with E-state index in [2.05, 4.69) is 26.1 Å². The molecule has 2 amide bonds. The molecule has 0 spiro atoms. The predicted octanol–water partition coefficient (Wildman–Crippen LogP) is 4.29. The van der Waals surface area contributed by atoms with Crippen LogP contribution in [0.4, 0.5) is 10.5 Å². The lowest BCUT2D eigenvalue weighted by Crippen LogP contribution is -2.42. The second kappa shape index (κ2) is 10.4. The Bertz CT molecular complexity index is 1460. The maximum atomic E-state index is 12.4. The summed E-state index contributed by atoms with van der Waals surface area (Å²) in [7, 11) is 0. The summed E-state index contributed by atoms with van der Waals surface area (Å²) in [5.74, 6) is -0.385. The number of amides is 2. The van der Waals surface area contributed by atoms with Gasteiger partial charge in [0, 0.05) is 31.2 Å². The number of pyridine rings is 1. The van der Waals surface area contributed by atoms with Gasteiger partial charge in [0.05, 0.1) is 40.6 Å². The van der Waals surface area contributed by atoms with Crippen LogP contribution in [0.25, 0.3) is 22.6 Å². The number of nitrogens with zero attached hydrogens (tertiary/aromatic N) is 5. The van der Waals surface area contributed by atoms with Crippen LogP contribution in [0.3, 0.4) is 0 Å². The summed E-state index contributed by atoms with van der Waals surface area (Å²) in [5, 5.41) is 8.37. The zero-order chi connectivity index (χ0) is 27.9. The third kappa shape index (κ3) is 5.65. The van der Waals surface area contributed by atoms with Crippen molar-refractivity contribution in [1.82, 2.24) is 29.6 Å². The minimum absolute atomic E-state index is 0.00911. The van der Waals surface area contributed by atoms with Crippen LogP contribution in [0, 0.1) is 11.8 Å². The molecule has 1 aliphatic carbocycles. The fourth-order valence-electron chi connectivity index (χ4n) is 5.00. The average Bonchev–Trinajstić information content (AvgIpc) is 3.53. The van der Waals surface area contributed by atoms with Gasteiger partial charge in [-0.1, -0.05) is 18.5 Å². The highest BCUT2D eigenvalue weighted by atomic mass is 35.5. The third-order valence-electron chi connectivity index (χ3n) is 7.06. The van der Waals surface area contributed by atoms with E-state index in [9.17, 15) is 9.59 Å². The number of hydrogen-bond donors (Lipinski definition) is 3. The Morgan fingerprint density at radius 2 is 1.97 bits per heavy atom. The number of halogens is 1. The molecule has 2 aliphatic rings. The Morgan fingerprint density at radius 3 is 2.67 bits per heavy atom. The molecule has 0 saturated carbocycles. The van der Waals surface area contributed by atoms with Crippen LogP contribution in [-0.4, -0.2) is 66.4 Å². The quantitative estimate of drug-likeness (QED) is 0.400. The number of ether oxygens (including phenoxy) is 1. The van der Waals surface area contributed by atoms with Crippen molar-refractivity contribution < 1.29 is 14.3 Å². The van der Waals surface area contributed by atoms with Gasteiger partial charge in [-0.2, -0.15) is 5.10 Å². The van der Waals surface area contributed by atoms with Crippen molar-refractivity contribution in [3.05, 3.63) is 41.5 Å². The highest BCUT2D eigenvalue weighted by molar-refractivity contribution is 6.34. The van der Waals surface area contributed by atoms with Gasteiger partial charge in [-0.15, -0.1) is 5.73 Å². The molecule has 206 valence electrons. The van der Waals surface area contributed by atoms with Crippen molar-refractivity contribution in [2.75, 3.05) is 18.4 Å². The first kappa shape index (κ1) is 26.8. The standard InChI is InChI=1S/C27H33ClN8O3/c1-15-6-5-7-18(23(29)37)20(15)32-21-19(28)13-30-25-22(21)33-24(34-25)16-12-31-36(14-16)17-8-10-35(11-9-17)26(38)39-27(2,3)4/h6-7,12-15,17-18,20H,8-11H2,1-4H3,(H2,29,37)(H2,30,32,33,34)/t15-,18+,20-/m1/s1. The lowest BCUT2D eigenvalue weighted by Gasteiger charge is -2.33. The number of aromatic nitrogens is 5. The number of carbonyl (C=O) groups excluding carboxylic acids is 2. The minimum atomic E-state index is -0.539. The van der Waals surface area contributed by atoms with Crippen LogP contribution >= 0.6 is 11.6 Å². The van der Waals surface area contributed by atoms with E-state index in [4.69, 9.17) is 27.1 Å². The van der Waals surface area contributed by atoms with Crippen molar-refractivity contribution in [3.8, 4) is 11.4 Å². The van der Waals surface area contributed by atoms with Gasteiger partial charge in [0.2, 0.25) is 5.91 Å². The molecule has 0 unspecified atom stereocenters. The summed E-state index contributed by atoms with van der Waals surface area (Å²) in [5.41, 5.74) is 10.6. The highest BCUT2D eigenvalue weighted by Crippen LogP contribution is 2.34. The summed E-state index contributed by atoms with van der Waals surface area (Å²) in [6.45, 7) is 8.80. The Balaban J connectivity index is 1.33. The molecular formula is C27H33ClN8O3. The molecule has 4 heterocycles. The van der Waals surface area contributed by atoms with Gasteiger partial charge >= 0.3 is 6.09 Å².